The van der Waals surface area contributed by atoms with Gasteiger partial charge >= 0.3 is 0 Å². The first-order chi connectivity index (χ1) is 4.33. The Kier molecular flexibility index (Phi) is 2.04. The summed E-state index contributed by atoms with van der Waals surface area (Å²) in [5.74, 6) is 0. The van der Waals surface area contributed by atoms with Gasteiger partial charge in [-0.05, 0) is 13.0 Å². The molecule has 1 aliphatic rings. The molecule has 0 aromatic heterocycles. The van der Waals surface area contributed by atoms with Gasteiger partial charge in [-0.2, -0.15) is 5.26 Å². The van der Waals surface area contributed by atoms with Crippen molar-refractivity contribution in [2.24, 2.45) is 0 Å². The van der Waals surface area contributed by atoms with E-state index in [-0.39, 0.29) is 12.1 Å². The second-order valence-electron chi connectivity index (χ2n) is 2.31. The Balaban J connectivity index is 2.34. The van der Waals surface area contributed by atoms with Gasteiger partial charge in [0, 0.05) is 6.42 Å². The minimum Gasteiger partial charge on any atom is -0.393 e. The highest BCUT2D eigenvalue weighted by Crippen LogP contribution is 2.06. The molecule has 0 amide bonds. The largest absolute Gasteiger partial charge is 0.393 e. The molecule has 0 unspecified atom stereocenters. The summed E-state index contributed by atoms with van der Waals surface area (Å²) in [6.45, 7) is 0.763. The topological polar surface area (TPSA) is 56.0 Å². The van der Waals surface area contributed by atoms with Crippen molar-refractivity contribution < 1.29 is 5.11 Å². The molecule has 0 bridgehead atoms. The SMILES string of the molecule is N#C[C@@H]1C[C@H](O)CCN1. The Morgan fingerprint density at radius 2 is 2.44 bits per heavy atom. The average Bonchev–Trinajstić information content (AvgIpc) is 1.88. The van der Waals surface area contributed by atoms with Crippen LogP contribution in [0.3, 0.4) is 0 Å². The first-order valence-electron chi connectivity index (χ1n) is 3.14. The Hall–Kier alpha value is -0.590. The normalized spacial score (nSPS) is 35.6. The number of hydrogen-bond acceptors (Lipinski definition) is 3. The van der Waals surface area contributed by atoms with Crippen LogP contribution in [0, 0.1) is 11.3 Å². The predicted molar refractivity (Wildman–Crippen MR) is 32.6 cm³/mol. The van der Waals surface area contributed by atoms with E-state index in [9.17, 15) is 0 Å². The van der Waals surface area contributed by atoms with Gasteiger partial charge in [-0.15, -0.1) is 0 Å². The van der Waals surface area contributed by atoms with Crippen LogP contribution in [-0.2, 0) is 0 Å². The third kappa shape index (κ3) is 1.67. The maximum absolute atomic E-state index is 9.02. The number of nitrogens with zero attached hydrogens (tertiary/aromatic N) is 1. The van der Waals surface area contributed by atoms with Crippen molar-refractivity contribution >= 4 is 0 Å². The summed E-state index contributed by atoms with van der Waals surface area (Å²) >= 11 is 0. The molecule has 1 heterocycles. The molecule has 9 heavy (non-hydrogen) atoms. The van der Waals surface area contributed by atoms with Crippen molar-refractivity contribution in [1.29, 1.82) is 5.26 Å². The Labute approximate surface area is 54.3 Å². The fourth-order valence-electron chi connectivity index (χ4n) is 0.996. The lowest BCUT2D eigenvalue weighted by Crippen LogP contribution is -2.39. The smallest absolute Gasteiger partial charge is 0.0977 e. The summed E-state index contributed by atoms with van der Waals surface area (Å²) in [5, 5.41) is 20.4. The summed E-state index contributed by atoms with van der Waals surface area (Å²) in [6, 6.07) is 1.93. The molecule has 0 aromatic carbocycles. The van der Waals surface area contributed by atoms with Crippen LogP contribution in [0.4, 0.5) is 0 Å². The van der Waals surface area contributed by atoms with Crippen LogP contribution in [0.1, 0.15) is 12.8 Å². The quantitative estimate of drug-likeness (QED) is 0.465. The predicted octanol–water partition coefficient (Wildman–Crippen LogP) is -0.377. The zero-order valence-electron chi connectivity index (χ0n) is 5.17. The first kappa shape index (κ1) is 6.53. The monoisotopic (exact) mass is 126 g/mol. The second kappa shape index (κ2) is 2.81. The standard InChI is InChI=1S/C6H10N2O/c7-4-5-3-6(9)1-2-8-5/h5-6,8-9H,1-3H2/t5-,6+/m0/s1. The molecule has 3 heteroatoms. The number of nitriles is 1. The molecule has 1 aliphatic heterocycles. The van der Waals surface area contributed by atoms with E-state index in [0.29, 0.717) is 6.42 Å². The number of piperidine rings is 1. The molecule has 3 nitrogen and oxygen atoms in total. The van der Waals surface area contributed by atoms with E-state index in [2.05, 4.69) is 11.4 Å². The molecule has 0 spiro atoms. The third-order valence-electron chi connectivity index (χ3n) is 1.53. The highest BCUT2D eigenvalue weighted by molar-refractivity contribution is 4.93. The zero-order chi connectivity index (χ0) is 6.69. The van der Waals surface area contributed by atoms with E-state index in [1.165, 1.54) is 0 Å². The number of hydrogen-bond donors (Lipinski definition) is 2. The Morgan fingerprint density at radius 3 is 2.89 bits per heavy atom. The third-order valence-corrected chi connectivity index (χ3v) is 1.53. The van der Waals surface area contributed by atoms with E-state index in [1.54, 1.807) is 0 Å². The summed E-state index contributed by atoms with van der Waals surface area (Å²) in [4.78, 5) is 0. The molecular weight excluding hydrogens is 116 g/mol. The van der Waals surface area contributed by atoms with E-state index < -0.39 is 0 Å². The second-order valence-corrected chi connectivity index (χ2v) is 2.31. The van der Waals surface area contributed by atoms with Crippen LogP contribution < -0.4 is 5.32 Å². The lowest BCUT2D eigenvalue weighted by atomic mass is 10.0. The Morgan fingerprint density at radius 1 is 1.67 bits per heavy atom. The molecule has 2 N–H and O–H groups in total. The first-order valence-corrected chi connectivity index (χ1v) is 3.14. The van der Waals surface area contributed by atoms with E-state index in [1.807, 2.05) is 0 Å². The Bertz CT molecular complexity index is 130. The van der Waals surface area contributed by atoms with Crippen molar-refractivity contribution in [3.05, 3.63) is 0 Å². The molecule has 1 saturated heterocycles. The van der Waals surface area contributed by atoms with Crippen molar-refractivity contribution in [2.75, 3.05) is 6.54 Å². The molecular formula is C6H10N2O. The average molecular weight is 126 g/mol. The van der Waals surface area contributed by atoms with Gasteiger partial charge in [0.2, 0.25) is 0 Å². The summed E-state index contributed by atoms with van der Waals surface area (Å²) in [7, 11) is 0. The van der Waals surface area contributed by atoms with Crippen molar-refractivity contribution in [3.63, 3.8) is 0 Å². The lowest BCUT2D eigenvalue weighted by molar-refractivity contribution is 0.127. The van der Waals surface area contributed by atoms with Crippen molar-refractivity contribution in [1.82, 2.24) is 5.32 Å². The fourth-order valence-corrected chi connectivity index (χ4v) is 0.996. The summed E-state index contributed by atoms with van der Waals surface area (Å²) < 4.78 is 0. The van der Waals surface area contributed by atoms with Crippen LogP contribution >= 0.6 is 0 Å². The van der Waals surface area contributed by atoms with E-state index in [4.69, 9.17) is 10.4 Å². The van der Waals surface area contributed by atoms with Gasteiger partial charge in [0.25, 0.3) is 0 Å². The summed E-state index contributed by atoms with van der Waals surface area (Å²) in [6.07, 6.45) is 1.09. The van der Waals surface area contributed by atoms with Crippen LogP contribution in [0.2, 0.25) is 0 Å². The van der Waals surface area contributed by atoms with Crippen LogP contribution in [0.5, 0.6) is 0 Å². The van der Waals surface area contributed by atoms with Gasteiger partial charge in [0.05, 0.1) is 18.2 Å². The molecule has 0 saturated carbocycles. The van der Waals surface area contributed by atoms with E-state index >= 15 is 0 Å². The maximum atomic E-state index is 9.02. The van der Waals surface area contributed by atoms with Crippen molar-refractivity contribution in [3.8, 4) is 6.07 Å². The van der Waals surface area contributed by atoms with Gasteiger partial charge in [-0.25, -0.2) is 0 Å². The number of nitrogens with one attached hydrogen (secondary N) is 1. The minimum atomic E-state index is -0.268. The molecule has 1 rings (SSSR count). The number of aliphatic hydroxyl groups is 1. The zero-order valence-corrected chi connectivity index (χ0v) is 5.17. The number of aliphatic hydroxyl groups excluding tert-OH is 1. The van der Waals surface area contributed by atoms with Crippen LogP contribution in [-0.4, -0.2) is 23.8 Å². The van der Waals surface area contributed by atoms with Crippen molar-refractivity contribution in [2.45, 2.75) is 25.0 Å². The molecule has 0 aliphatic carbocycles. The van der Waals surface area contributed by atoms with Gasteiger partial charge < -0.3 is 10.4 Å². The van der Waals surface area contributed by atoms with Crippen LogP contribution in [0.15, 0.2) is 0 Å². The molecule has 0 aromatic rings. The van der Waals surface area contributed by atoms with Gasteiger partial charge in [-0.3, -0.25) is 0 Å². The van der Waals surface area contributed by atoms with Gasteiger partial charge in [-0.1, -0.05) is 0 Å². The highest BCUT2D eigenvalue weighted by Gasteiger charge is 2.17. The van der Waals surface area contributed by atoms with E-state index in [0.717, 1.165) is 13.0 Å². The molecule has 1 fully saturated rings. The molecule has 0 radical (unpaired) electrons. The lowest BCUT2D eigenvalue weighted by Gasteiger charge is -2.21. The molecule has 2 atom stereocenters. The van der Waals surface area contributed by atoms with Gasteiger partial charge in [0.15, 0.2) is 0 Å². The summed E-state index contributed by atoms with van der Waals surface area (Å²) in [5.41, 5.74) is 0. The van der Waals surface area contributed by atoms with Crippen LogP contribution in [0.25, 0.3) is 0 Å². The minimum absolute atomic E-state index is 0.131. The fraction of sp³-hybridized carbons (Fsp3) is 0.833. The highest BCUT2D eigenvalue weighted by atomic mass is 16.3. The molecule has 50 valence electrons. The van der Waals surface area contributed by atoms with Gasteiger partial charge in [0.1, 0.15) is 0 Å². The number of rotatable bonds is 0. The maximum Gasteiger partial charge on any atom is 0.0977 e.